The Morgan fingerprint density at radius 3 is 2.22 bits per heavy atom. The molecule has 0 radical (unpaired) electrons. The molecule has 1 amide bonds. The van der Waals surface area contributed by atoms with E-state index in [1.165, 1.54) is 38.5 Å². The number of nitrogens with one attached hydrogen (secondary N) is 2. The maximum absolute atomic E-state index is 12.0. The molecule has 3 heteroatoms. The monoisotopic (exact) mass is 250 g/mol. The minimum absolute atomic E-state index is 0.299. The molecule has 0 bridgehead atoms. The Morgan fingerprint density at radius 1 is 1.06 bits per heavy atom. The lowest BCUT2D eigenvalue weighted by Gasteiger charge is -2.23. The molecule has 0 atom stereocenters. The number of piperidine rings is 1. The molecule has 0 aromatic carbocycles. The summed E-state index contributed by atoms with van der Waals surface area (Å²) >= 11 is 0. The standard InChI is InChI=1S/C15H26N2O/c18-15(9-11-5-7-16-8-6-11)17-10-14(12-1-2-12)13-3-4-13/h11-14,16H,1-10H2,(H,17,18). The van der Waals surface area contributed by atoms with Crippen LogP contribution >= 0.6 is 0 Å². The summed E-state index contributed by atoms with van der Waals surface area (Å²) in [6, 6.07) is 0. The van der Waals surface area contributed by atoms with Crippen LogP contribution in [0, 0.1) is 23.7 Å². The lowest BCUT2D eigenvalue weighted by molar-refractivity contribution is -0.122. The molecule has 2 saturated carbocycles. The van der Waals surface area contributed by atoms with Crippen molar-refractivity contribution in [3.05, 3.63) is 0 Å². The third kappa shape index (κ3) is 3.47. The molecule has 2 N–H and O–H groups in total. The van der Waals surface area contributed by atoms with E-state index in [1.807, 2.05) is 0 Å². The number of rotatable bonds is 6. The number of carbonyl (C=O) groups excluding carboxylic acids is 1. The molecule has 18 heavy (non-hydrogen) atoms. The molecule has 1 aliphatic heterocycles. The Kier molecular flexibility index (Phi) is 3.88. The third-order valence-corrected chi connectivity index (χ3v) is 4.92. The largest absolute Gasteiger partial charge is 0.356 e. The van der Waals surface area contributed by atoms with Gasteiger partial charge in [0.05, 0.1) is 0 Å². The molecule has 0 unspecified atom stereocenters. The summed E-state index contributed by atoms with van der Waals surface area (Å²) in [6.45, 7) is 3.13. The van der Waals surface area contributed by atoms with Crippen LogP contribution in [-0.4, -0.2) is 25.5 Å². The van der Waals surface area contributed by atoms with E-state index >= 15 is 0 Å². The first kappa shape index (κ1) is 12.5. The van der Waals surface area contributed by atoms with Crippen molar-refractivity contribution in [2.24, 2.45) is 23.7 Å². The summed E-state index contributed by atoms with van der Waals surface area (Å²) in [6.07, 6.45) is 8.72. The Balaban J connectivity index is 1.37. The molecule has 2 aliphatic carbocycles. The zero-order valence-corrected chi connectivity index (χ0v) is 11.3. The van der Waals surface area contributed by atoms with Gasteiger partial charge >= 0.3 is 0 Å². The highest BCUT2D eigenvalue weighted by molar-refractivity contribution is 5.76. The highest BCUT2D eigenvalue weighted by Crippen LogP contribution is 2.48. The minimum Gasteiger partial charge on any atom is -0.356 e. The Bertz CT molecular complexity index is 279. The van der Waals surface area contributed by atoms with Gasteiger partial charge in [-0.1, -0.05) is 0 Å². The van der Waals surface area contributed by atoms with Crippen LogP contribution in [0.25, 0.3) is 0 Å². The lowest BCUT2D eigenvalue weighted by Crippen LogP contribution is -2.35. The highest BCUT2D eigenvalue weighted by atomic mass is 16.1. The maximum Gasteiger partial charge on any atom is 0.220 e. The van der Waals surface area contributed by atoms with E-state index in [-0.39, 0.29) is 0 Å². The second-order valence-corrected chi connectivity index (χ2v) is 6.54. The summed E-state index contributed by atoms with van der Waals surface area (Å²) in [7, 11) is 0. The smallest absolute Gasteiger partial charge is 0.220 e. The average Bonchev–Trinajstić information content (AvgIpc) is 3.25. The number of carbonyl (C=O) groups is 1. The zero-order valence-electron chi connectivity index (χ0n) is 11.3. The van der Waals surface area contributed by atoms with Crippen molar-refractivity contribution in [2.45, 2.75) is 44.9 Å². The van der Waals surface area contributed by atoms with Crippen LogP contribution in [0.4, 0.5) is 0 Å². The summed E-state index contributed by atoms with van der Waals surface area (Å²) in [5.41, 5.74) is 0. The van der Waals surface area contributed by atoms with Gasteiger partial charge in [0.15, 0.2) is 0 Å². The first-order chi connectivity index (χ1) is 8.83. The Hall–Kier alpha value is -0.570. The molecule has 3 aliphatic rings. The van der Waals surface area contributed by atoms with Gasteiger partial charge in [0.1, 0.15) is 0 Å². The fraction of sp³-hybridized carbons (Fsp3) is 0.933. The van der Waals surface area contributed by atoms with Crippen LogP contribution < -0.4 is 10.6 Å². The van der Waals surface area contributed by atoms with E-state index in [2.05, 4.69) is 10.6 Å². The molecule has 0 spiro atoms. The van der Waals surface area contributed by atoms with E-state index in [4.69, 9.17) is 0 Å². The average molecular weight is 250 g/mol. The fourth-order valence-electron chi connectivity index (χ4n) is 3.42. The number of hydrogen-bond donors (Lipinski definition) is 2. The maximum atomic E-state index is 12.0. The molecule has 3 nitrogen and oxygen atoms in total. The van der Waals surface area contributed by atoms with Gasteiger partial charge in [-0.2, -0.15) is 0 Å². The fourth-order valence-corrected chi connectivity index (χ4v) is 3.42. The molecule has 0 aromatic heterocycles. The zero-order chi connectivity index (χ0) is 12.4. The highest BCUT2D eigenvalue weighted by Gasteiger charge is 2.41. The SMILES string of the molecule is O=C(CC1CCNCC1)NCC(C1CC1)C1CC1. The number of hydrogen-bond acceptors (Lipinski definition) is 2. The summed E-state index contributed by atoms with van der Waals surface area (Å²) in [5, 5.41) is 6.57. The van der Waals surface area contributed by atoms with Gasteiger partial charge in [0.2, 0.25) is 5.91 Å². The van der Waals surface area contributed by atoms with Crippen LogP contribution in [0.1, 0.15) is 44.9 Å². The van der Waals surface area contributed by atoms with Crippen molar-refractivity contribution in [3.63, 3.8) is 0 Å². The van der Waals surface area contributed by atoms with Crippen LogP contribution in [0.2, 0.25) is 0 Å². The van der Waals surface area contributed by atoms with Crippen molar-refractivity contribution >= 4 is 5.91 Å². The van der Waals surface area contributed by atoms with E-state index in [1.54, 1.807) is 0 Å². The first-order valence-corrected chi connectivity index (χ1v) is 7.80. The van der Waals surface area contributed by atoms with Gasteiger partial charge in [0, 0.05) is 13.0 Å². The van der Waals surface area contributed by atoms with Crippen LogP contribution in [0.3, 0.4) is 0 Å². The summed E-state index contributed by atoms with van der Waals surface area (Å²) < 4.78 is 0. The van der Waals surface area contributed by atoms with E-state index in [0.29, 0.717) is 11.8 Å². The molecule has 3 rings (SSSR count). The molecule has 3 fully saturated rings. The van der Waals surface area contributed by atoms with Crippen LogP contribution in [0.15, 0.2) is 0 Å². The molecular formula is C15H26N2O. The van der Waals surface area contributed by atoms with Gasteiger partial charge in [0.25, 0.3) is 0 Å². The van der Waals surface area contributed by atoms with Gasteiger partial charge in [-0.3, -0.25) is 4.79 Å². The lowest BCUT2D eigenvalue weighted by atomic mass is 9.94. The second-order valence-electron chi connectivity index (χ2n) is 6.54. The van der Waals surface area contributed by atoms with Crippen LogP contribution in [0.5, 0.6) is 0 Å². The predicted octanol–water partition coefficient (Wildman–Crippen LogP) is 1.93. The van der Waals surface area contributed by atoms with Crippen molar-refractivity contribution in [2.75, 3.05) is 19.6 Å². The van der Waals surface area contributed by atoms with Crippen LogP contribution in [-0.2, 0) is 4.79 Å². The van der Waals surface area contributed by atoms with Crippen molar-refractivity contribution < 1.29 is 4.79 Å². The van der Waals surface area contributed by atoms with Crippen molar-refractivity contribution in [3.8, 4) is 0 Å². The van der Waals surface area contributed by atoms with Crippen molar-refractivity contribution in [1.82, 2.24) is 10.6 Å². The van der Waals surface area contributed by atoms with Gasteiger partial charge in [-0.05, 0) is 75.3 Å². The van der Waals surface area contributed by atoms with E-state index in [0.717, 1.165) is 43.8 Å². The third-order valence-electron chi connectivity index (χ3n) is 4.92. The molecule has 1 saturated heterocycles. The van der Waals surface area contributed by atoms with Gasteiger partial charge < -0.3 is 10.6 Å². The first-order valence-electron chi connectivity index (χ1n) is 7.80. The van der Waals surface area contributed by atoms with E-state index in [9.17, 15) is 4.79 Å². The second kappa shape index (κ2) is 5.60. The number of amides is 1. The molecule has 0 aromatic rings. The summed E-state index contributed by atoms with van der Waals surface area (Å²) in [4.78, 5) is 12.0. The normalized spacial score (nSPS) is 25.4. The quantitative estimate of drug-likeness (QED) is 0.756. The Morgan fingerprint density at radius 2 is 1.67 bits per heavy atom. The molecular weight excluding hydrogens is 224 g/mol. The predicted molar refractivity (Wildman–Crippen MR) is 72.2 cm³/mol. The van der Waals surface area contributed by atoms with Gasteiger partial charge in [-0.25, -0.2) is 0 Å². The molecule has 102 valence electrons. The Labute approximate surface area is 110 Å². The van der Waals surface area contributed by atoms with E-state index < -0.39 is 0 Å². The summed E-state index contributed by atoms with van der Waals surface area (Å²) in [5.74, 6) is 3.61. The topological polar surface area (TPSA) is 41.1 Å². The van der Waals surface area contributed by atoms with Crippen molar-refractivity contribution in [1.29, 1.82) is 0 Å². The molecule has 1 heterocycles. The van der Waals surface area contributed by atoms with Gasteiger partial charge in [-0.15, -0.1) is 0 Å². The minimum atomic E-state index is 0.299.